The second kappa shape index (κ2) is 33.1. The summed E-state index contributed by atoms with van der Waals surface area (Å²) in [6, 6.07) is 39.9. The number of carboxylic acids is 2. The van der Waals surface area contributed by atoms with E-state index in [0.29, 0.717) is 48.3 Å². The molecule has 572 valence electrons. The lowest BCUT2D eigenvalue weighted by atomic mass is 10.0. The zero-order valence-electron chi connectivity index (χ0n) is 57.1. The number of carbonyl (C=O) groups excluding carboxylic acids is 6. The number of aryl methyl sites for hydroxylation is 4. The van der Waals surface area contributed by atoms with Gasteiger partial charge >= 0.3 is 36.1 Å². The molecule has 0 saturated carbocycles. The number of aliphatic carboxylic acids is 2. The fourth-order valence-electron chi connectivity index (χ4n) is 12.3. The number of nitrogens with zero attached hydrogens (tertiary/aromatic N) is 4. The summed E-state index contributed by atoms with van der Waals surface area (Å²) in [4.78, 5) is 96.4. The summed E-state index contributed by atoms with van der Waals surface area (Å²) in [5, 5.41) is 20.3. The van der Waals surface area contributed by atoms with E-state index < -0.39 is 126 Å². The molecule has 0 unspecified atom stereocenters. The molecule has 0 amide bonds. The topological polar surface area (TPSA) is 197 Å². The lowest BCUT2D eigenvalue weighted by molar-refractivity contribution is -0.291. The van der Waals surface area contributed by atoms with Crippen molar-refractivity contribution in [1.29, 1.82) is 0 Å². The molecule has 0 aliphatic heterocycles. The summed E-state index contributed by atoms with van der Waals surface area (Å²) in [6.45, 7) is 6.77. The summed E-state index contributed by atoms with van der Waals surface area (Å²) in [7, 11) is 0. The minimum absolute atomic E-state index is 0.0154. The first kappa shape index (κ1) is 83.1. The van der Waals surface area contributed by atoms with Gasteiger partial charge in [-0.2, -0.15) is 43.9 Å². The van der Waals surface area contributed by atoms with Crippen LogP contribution in [-0.4, -0.2) is 89.0 Å². The van der Waals surface area contributed by atoms with Gasteiger partial charge in [0.15, 0.2) is 0 Å². The third kappa shape index (κ3) is 17.1. The van der Waals surface area contributed by atoms with E-state index in [1.54, 1.807) is 57.2 Å². The number of aldehydes is 2. The Hall–Kier alpha value is -10.9. The van der Waals surface area contributed by atoms with Crippen molar-refractivity contribution in [3.8, 4) is 0 Å². The maximum Gasteiger partial charge on any atom is 0.459 e. The number of aromatic nitrogens is 4. The third-order valence-corrected chi connectivity index (χ3v) is 18.1. The number of carbonyl (C=O) groups is 8. The highest BCUT2D eigenvalue weighted by Gasteiger charge is 2.63. The van der Waals surface area contributed by atoms with Gasteiger partial charge < -0.3 is 19.8 Å². The second-order valence-corrected chi connectivity index (χ2v) is 26.4. The van der Waals surface area contributed by atoms with Crippen molar-refractivity contribution < 1.29 is 110 Å². The predicted octanol–water partition coefficient (Wildman–Crippen LogP) is 21.1. The van der Waals surface area contributed by atoms with Gasteiger partial charge in [-0.25, -0.2) is 17.6 Å². The Morgan fingerprint density at radius 2 is 0.591 bits per heavy atom. The van der Waals surface area contributed by atoms with Crippen LogP contribution in [0, 0.1) is 27.7 Å². The fraction of sp³-hybridized carbons (Fsp3) is 0.179. The molecule has 110 heavy (non-hydrogen) atoms. The molecule has 4 aromatic heterocycles. The Bertz CT molecular complexity index is 5590. The van der Waals surface area contributed by atoms with E-state index >= 15 is 0 Å². The largest absolute Gasteiger partial charge is 0.481 e. The Balaban J connectivity index is 0.000000169. The first-order valence-corrected chi connectivity index (χ1v) is 33.6. The molecule has 14 nitrogen and oxygen atoms in total. The maximum atomic E-state index is 14.6. The molecule has 0 atom stereocenters. The Morgan fingerprint density at radius 1 is 0.355 bits per heavy atom. The Kier molecular flexibility index (Phi) is 25.0. The Morgan fingerprint density at radius 3 is 0.873 bits per heavy atom. The molecule has 12 aromatic rings. The minimum atomic E-state index is -6.05. The monoisotopic (exact) mass is 1610 g/mol. The quantitative estimate of drug-likeness (QED) is 0.0693. The zero-order valence-corrected chi connectivity index (χ0v) is 60.1. The highest BCUT2D eigenvalue weighted by atomic mass is 35.5. The predicted molar refractivity (Wildman–Crippen MR) is 383 cm³/mol. The summed E-state index contributed by atoms with van der Waals surface area (Å²) in [6.07, 6.45) is -19.7. The van der Waals surface area contributed by atoms with Gasteiger partial charge in [-0.3, -0.25) is 47.0 Å². The highest BCUT2D eigenvalue weighted by molar-refractivity contribution is 6.31. The molecule has 0 bridgehead atoms. The normalized spacial score (nSPS) is 11.9. The number of halogens is 18. The Labute approximate surface area is 633 Å². The molecule has 12 rings (SSSR count). The van der Waals surface area contributed by atoms with E-state index in [2.05, 4.69) is 0 Å². The molecule has 2 N–H and O–H groups in total. The van der Waals surface area contributed by atoms with Gasteiger partial charge in [-0.1, -0.05) is 92.9 Å². The van der Waals surface area contributed by atoms with Crippen LogP contribution in [0.2, 0.25) is 20.1 Å². The fourth-order valence-corrected chi connectivity index (χ4v) is 12.8. The molecule has 8 aromatic carbocycles. The van der Waals surface area contributed by atoms with E-state index in [9.17, 15) is 99.8 Å². The van der Waals surface area contributed by atoms with E-state index in [-0.39, 0.29) is 88.0 Å². The van der Waals surface area contributed by atoms with Crippen LogP contribution >= 0.6 is 46.4 Å². The van der Waals surface area contributed by atoms with Crippen molar-refractivity contribution in [2.24, 2.45) is 0 Å². The number of benzene rings is 8. The summed E-state index contributed by atoms with van der Waals surface area (Å²) in [5.41, 5.74) is -2.47. The molecule has 0 aliphatic carbocycles. The van der Waals surface area contributed by atoms with E-state index in [1.807, 2.05) is 6.92 Å². The average molecular weight is 1620 g/mol. The van der Waals surface area contributed by atoms with E-state index in [0.717, 1.165) is 20.3 Å². The van der Waals surface area contributed by atoms with Crippen LogP contribution in [0.25, 0.3) is 43.6 Å². The molecule has 4 heterocycles. The molecule has 0 radical (unpaired) electrons. The van der Waals surface area contributed by atoms with Gasteiger partial charge in [0.2, 0.25) is 0 Å². The molecular weight excluding hydrogens is 1560 g/mol. The van der Waals surface area contributed by atoms with E-state index in [1.165, 1.54) is 133 Å². The number of fused-ring (bicyclic) bond motifs is 4. The minimum Gasteiger partial charge on any atom is -0.481 e. The molecular formula is C78H54Cl4F14N4O10. The van der Waals surface area contributed by atoms with Crippen LogP contribution in [0.4, 0.5) is 61.5 Å². The molecule has 0 spiro atoms. The van der Waals surface area contributed by atoms with Crippen LogP contribution in [0.1, 0.15) is 122 Å². The first-order valence-electron chi connectivity index (χ1n) is 32.1. The van der Waals surface area contributed by atoms with Crippen LogP contribution in [0.3, 0.4) is 0 Å². The summed E-state index contributed by atoms with van der Waals surface area (Å²) in [5.74, 6) is -17.2. The molecule has 0 fully saturated rings. The third-order valence-electron chi connectivity index (χ3n) is 17.1. The highest BCUT2D eigenvalue weighted by Crippen LogP contribution is 2.50. The van der Waals surface area contributed by atoms with Crippen LogP contribution in [0.5, 0.6) is 0 Å². The van der Waals surface area contributed by atoms with Crippen LogP contribution < -0.4 is 0 Å². The standard InChI is InChI=1S/C20H13ClF5NO3.C20H13ClF5NO2.C19H14ClF2NO3.C19H14ClF2NO2/c1-10-2-7-15-13(8-10)14(9-16(28)29)17(19(22,23)20(24,25)26)27(15)18(30)11-3-5-12(21)6-4-11;1-11-2-7-16-15(10-11)14(8-9-28)17(19(22,23)20(24,25)26)27(16)18(29)12-3-5-13(21)6-4-12;1-10-2-7-15-13(8-10)14(9-16(24)25)17(18(21)22)23(15)19(26)11-3-5-12(20)6-4-11;1-11-2-7-16-15(10-11)14(8-9-24)17(18(21)22)23(16)19(25)12-3-5-13(20)6-4-12/h2-8H,9H2,1H3,(H,28,29);2-7,9-10H,8H2,1H3;2-8,18H,9H2,1H3,(H,24,25);2-7,9-10,18H,8H2,1H3. The van der Waals surface area contributed by atoms with Crippen molar-refractivity contribution >= 4 is 138 Å². The first-order chi connectivity index (χ1) is 51.6. The van der Waals surface area contributed by atoms with Crippen molar-refractivity contribution in [3.63, 3.8) is 0 Å². The molecule has 32 heteroatoms. The van der Waals surface area contributed by atoms with Gasteiger partial charge in [0, 0.05) is 76.7 Å². The summed E-state index contributed by atoms with van der Waals surface area (Å²) < 4.78 is 196. The van der Waals surface area contributed by atoms with Crippen LogP contribution in [-0.2, 0) is 56.7 Å². The van der Waals surface area contributed by atoms with Crippen LogP contribution in [0.15, 0.2) is 170 Å². The zero-order chi connectivity index (χ0) is 81.1. The average Bonchev–Trinajstić information content (AvgIpc) is 1.58. The number of carboxylic acid groups (broad SMARTS) is 2. The number of alkyl halides is 14. The van der Waals surface area contributed by atoms with Gasteiger partial charge in [-0.05, 0) is 196 Å². The number of hydrogen-bond acceptors (Lipinski definition) is 8. The van der Waals surface area contributed by atoms with Gasteiger partial charge in [0.05, 0.1) is 46.3 Å². The molecule has 0 saturated heterocycles. The second-order valence-electron chi connectivity index (χ2n) is 24.7. The SMILES string of the molecule is Cc1ccc2c(c1)c(CC(=O)O)c(C(F)(F)C(F)(F)F)n2C(=O)c1ccc(Cl)cc1.Cc1ccc2c(c1)c(CC(=O)O)c(C(F)F)n2C(=O)c1ccc(Cl)cc1.Cc1ccc2c(c1)c(CC=O)c(C(F)(F)C(F)(F)F)n2C(=O)c1ccc(Cl)cc1.Cc1ccc2c(c1)c(CC=O)c(C(F)F)n2C(=O)c1ccc(Cl)cc1. The van der Waals surface area contributed by atoms with E-state index in [4.69, 9.17) is 56.6 Å². The van der Waals surface area contributed by atoms with Crippen molar-refractivity contribution in [2.75, 3.05) is 0 Å². The lowest BCUT2D eigenvalue weighted by Gasteiger charge is -2.23. The van der Waals surface area contributed by atoms with Crippen molar-refractivity contribution in [3.05, 3.63) is 279 Å². The number of hydrogen-bond donors (Lipinski definition) is 2. The maximum absolute atomic E-state index is 14.6. The van der Waals surface area contributed by atoms with Crippen molar-refractivity contribution in [2.45, 2.75) is 90.4 Å². The van der Waals surface area contributed by atoms with Gasteiger partial charge in [0.1, 0.15) is 24.0 Å². The summed E-state index contributed by atoms with van der Waals surface area (Å²) >= 11 is 23.1. The van der Waals surface area contributed by atoms with Gasteiger partial charge in [0.25, 0.3) is 36.5 Å². The van der Waals surface area contributed by atoms with Gasteiger partial charge in [-0.15, -0.1) is 0 Å². The van der Waals surface area contributed by atoms with Crippen molar-refractivity contribution in [1.82, 2.24) is 18.3 Å². The smallest absolute Gasteiger partial charge is 0.459 e. The molecule has 0 aliphatic rings. The lowest BCUT2D eigenvalue weighted by Crippen LogP contribution is -2.38. The number of rotatable bonds is 16.